The summed E-state index contributed by atoms with van der Waals surface area (Å²) in [6.45, 7) is 6.17. The summed E-state index contributed by atoms with van der Waals surface area (Å²) in [4.78, 5) is 0. The molecule has 8 nitrogen and oxygen atoms in total. The molecule has 0 spiro atoms. The predicted molar refractivity (Wildman–Crippen MR) is 145 cm³/mol. The lowest BCUT2D eigenvalue weighted by atomic mass is 10.1. The van der Waals surface area contributed by atoms with E-state index in [1.54, 1.807) is 24.3 Å². The lowest BCUT2D eigenvalue weighted by Gasteiger charge is -2.17. The fourth-order valence-electron chi connectivity index (χ4n) is 3.98. The maximum absolute atomic E-state index is 9.65. The van der Waals surface area contributed by atoms with E-state index in [1.807, 2.05) is 62.4 Å². The number of fused-ring (bicyclic) bond motifs is 2. The number of ether oxygens (including phenoxy) is 6. The fourth-order valence-corrected chi connectivity index (χ4v) is 3.98. The van der Waals surface area contributed by atoms with Gasteiger partial charge in [-0.25, -0.2) is 0 Å². The third kappa shape index (κ3) is 7.97. The van der Waals surface area contributed by atoms with Gasteiger partial charge in [0.05, 0.1) is 39.6 Å². The van der Waals surface area contributed by atoms with Crippen molar-refractivity contribution in [2.75, 3.05) is 39.6 Å². The highest BCUT2D eigenvalue weighted by molar-refractivity contribution is 5.90. The van der Waals surface area contributed by atoms with Gasteiger partial charge in [0.25, 0.3) is 0 Å². The Morgan fingerprint density at radius 2 is 0.974 bits per heavy atom. The smallest absolute Gasteiger partial charge is 0.197 e. The van der Waals surface area contributed by atoms with Crippen LogP contribution >= 0.6 is 0 Å². The van der Waals surface area contributed by atoms with Crippen molar-refractivity contribution in [2.45, 2.75) is 26.4 Å². The number of phenols is 2. The van der Waals surface area contributed by atoms with Crippen molar-refractivity contribution in [2.24, 2.45) is 0 Å². The molecular formula is C30H34O8. The van der Waals surface area contributed by atoms with Crippen LogP contribution in [0.1, 0.15) is 13.8 Å². The Labute approximate surface area is 222 Å². The average molecular weight is 523 g/mol. The van der Waals surface area contributed by atoms with Crippen molar-refractivity contribution < 1.29 is 38.6 Å². The molecule has 0 bridgehead atoms. The van der Waals surface area contributed by atoms with Gasteiger partial charge in [-0.3, -0.25) is 0 Å². The molecule has 38 heavy (non-hydrogen) atoms. The molecule has 202 valence electrons. The first kappa shape index (κ1) is 27.5. The zero-order valence-electron chi connectivity index (χ0n) is 21.7. The monoisotopic (exact) mass is 522 g/mol. The largest absolute Gasteiger partial charge is 0.508 e. The number of aromatic hydroxyl groups is 2. The predicted octanol–water partition coefficient (Wildman–Crippen LogP) is 5.62. The van der Waals surface area contributed by atoms with E-state index in [-0.39, 0.29) is 11.5 Å². The molecule has 0 amide bonds. The van der Waals surface area contributed by atoms with E-state index in [2.05, 4.69) is 0 Å². The van der Waals surface area contributed by atoms with E-state index in [9.17, 15) is 10.2 Å². The van der Waals surface area contributed by atoms with Crippen LogP contribution in [0.5, 0.6) is 23.0 Å². The van der Waals surface area contributed by atoms with Crippen LogP contribution in [-0.2, 0) is 18.9 Å². The SMILES string of the molecule is CC(OCCOCCOCCOC(C)Oc1cccc2cc(O)ccc12)Oc1cccc2cc(O)ccc12. The molecule has 0 aliphatic carbocycles. The van der Waals surface area contributed by atoms with E-state index >= 15 is 0 Å². The standard InChI is InChI=1S/C30H34O8/c1-21(37-29-7-3-5-23-19-25(31)9-11-27(23)29)35-17-15-33-13-14-34-16-18-36-22(2)38-30-8-4-6-24-20-26(32)10-12-28(24)30/h3-12,19-22,31-32H,13-18H2,1-2H3. The molecule has 0 aliphatic heterocycles. The quantitative estimate of drug-likeness (QED) is 0.153. The van der Waals surface area contributed by atoms with Gasteiger partial charge in [-0.2, -0.15) is 0 Å². The number of hydrogen-bond donors (Lipinski definition) is 2. The third-order valence-corrected chi connectivity index (χ3v) is 5.77. The van der Waals surface area contributed by atoms with E-state index in [0.717, 1.165) is 21.5 Å². The Morgan fingerprint density at radius 3 is 1.42 bits per heavy atom. The zero-order valence-corrected chi connectivity index (χ0v) is 21.7. The minimum atomic E-state index is -0.448. The van der Waals surface area contributed by atoms with Crippen molar-refractivity contribution in [3.8, 4) is 23.0 Å². The molecular weight excluding hydrogens is 488 g/mol. The molecule has 0 fully saturated rings. The first-order valence-corrected chi connectivity index (χ1v) is 12.6. The van der Waals surface area contributed by atoms with Crippen molar-refractivity contribution in [1.29, 1.82) is 0 Å². The molecule has 0 saturated heterocycles. The molecule has 0 heterocycles. The highest BCUT2D eigenvalue weighted by Crippen LogP contribution is 2.30. The Kier molecular flexibility index (Phi) is 10.0. The van der Waals surface area contributed by atoms with Gasteiger partial charge in [-0.05, 0) is 73.2 Å². The summed E-state index contributed by atoms with van der Waals surface area (Å²) in [5, 5.41) is 22.9. The van der Waals surface area contributed by atoms with Crippen molar-refractivity contribution >= 4 is 21.5 Å². The maximum Gasteiger partial charge on any atom is 0.197 e. The second-order valence-electron chi connectivity index (χ2n) is 8.66. The molecule has 0 radical (unpaired) electrons. The molecule has 8 heteroatoms. The van der Waals surface area contributed by atoms with Gasteiger partial charge < -0.3 is 38.6 Å². The first-order chi connectivity index (χ1) is 18.5. The molecule has 0 aromatic heterocycles. The topological polar surface area (TPSA) is 95.8 Å². The maximum atomic E-state index is 9.65. The summed E-state index contributed by atoms with van der Waals surface area (Å²) < 4.78 is 34.3. The van der Waals surface area contributed by atoms with Crippen molar-refractivity contribution in [3.63, 3.8) is 0 Å². The third-order valence-electron chi connectivity index (χ3n) is 5.77. The van der Waals surface area contributed by atoms with Gasteiger partial charge in [-0.15, -0.1) is 0 Å². The van der Waals surface area contributed by atoms with Crippen LogP contribution in [0.2, 0.25) is 0 Å². The van der Waals surface area contributed by atoms with Gasteiger partial charge in [0.1, 0.15) is 23.0 Å². The van der Waals surface area contributed by atoms with E-state index in [4.69, 9.17) is 28.4 Å². The highest BCUT2D eigenvalue weighted by Gasteiger charge is 2.09. The average Bonchev–Trinajstić information content (AvgIpc) is 2.89. The van der Waals surface area contributed by atoms with E-state index in [1.165, 1.54) is 0 Å². The highest BCUT2D eigenvalue weighted by atomic mass is 16.7. The van der Waals surface area contributed by atoms with Crippen LogP contribution in [0.15, 0.2) is 72.8 Å². The second kappa shape index (κ2) is 13.8. The minimum absolute atomic E-state index is 0.219. The number of phenolic OH excluding ortho intramolecular Hbond substituents is 2. The lowest BCUT2D eigenvalue weighted by molar-refractivity contribution is -0.0937. The van der Waals surface area contributed by atoms with Crippen LogP contribution in [0.25, 0.3) is 21.5 Å². The molecule has 2 N–H and O–H groups in total. The molecule has 0 aliphatic rings. The molecule has 0 saturated carbocycles. The summed E-state index contributed by atoms with van der Waals surface area (Å²) in [6, 6.07) is 21.7. The van der Waals surface area contributed by atoms with Crippen LogP contribution in [-0.4, -0.2) is 62.4 Å². The summed E-state index contributed by atoms with van der Waals surface area (Å²) in [7, 11) is 0. The van der Waals surface area contributed by atoms with Gasteiger partial charge in [0, 0.05) is 10.8 Å². The van der Waals surface area contributed by atoms with Crippen LogP contribution in [0.3, 0.4) is 0 Å². The number of hydrogen-bond acceptors (Lipinski definition) is 8. The van der Waals surface area contributed by atoms with Crippen LogP contribution in [0, 0.1) is 0 Å². The second-order valence-corrected chi connectivity index (χ2v) is 8.66. The molecule has 2 unspecified atom stereocenters. The van der Waals surface area contributed by atoms with Crippen LogP contribution < -0.4 is 9.47 Å². The van der Waals surface area contributed by atoms with Crippen molar-refractivity contribution in [1.82, 2.24) is 0 Å². The summed E-state index contributed by atoms with van der Waals surface area (Å²) in [6.07, 6.45) is -0.895. The first-order valence-electron chi connectivity index (χ1n) is 12.6. The molecule has 4 aromatic rings. The molecule has 2 atom stereocenters. The van der Waals surface area contributed by atoms with Gasteiger partial charge in [0.2, 0.25) is 0 Å². The van der Waals surface area contributed by atoms with Gasteiger partial charge in [0.15, 0.2) is 12.6 Å². The normalized spacial score (nSPS) is 13.0. The number of rotatable bonds is 15. The summed E-state index contributed by atoms with van der Waals surface area (Å²) >= 11 is 0. The van der Waals surface area contributed by atoms with Crippen molar-refractivity contribution in [3.05, 3.63) is 72.8 Å². The van der Waals surface area contributed by atoms with Gasteiger partial charge >= 0.3 is 0 Å². The van der Waals surface area contributed by atoms with Gasteiger partial charge in [-0.1, -0.05) is 24.3 Å². The van der Waals surface area contributed by atoms with E-state index in [0.29, 0.717) is 51.1 Å². The lowest BCUT2D eigenvalue weighted by Crippen LogP contribution is -2.21. The fraction of sp³-hybridized carbons (Fsp3) is 0.333. The Hall–Kier alpha value is -3.56. The number of benzene rings is 4. The summed E-state index contributed by atoms with van der Waals surface area (Å²) in [5.41, 5.74) is 0. The molecule has 4 aromatic carbocycles. The minimum Gasteiger partial charge on any atom is -0.508 e. The Morgan fingerprint density at radius 1 is 0.553 bits per heavy atom. The zero-order chi connectivity index (χ0) is 26.7. The molecule has 4 rings (SSSR count). The summed E-state index contributed by atoms with van der Waals surface area (Å²) in [5.74, 6) is 1.83. The van der Waals surface area contributed by atoms with Crippen LogP contribution in [0.4, 0.5) is 0 Å². The van der Waals surface area contributed by atoms with E-state index < -0.39 is 12.6 Å². The Bertz CT molecular complexity index is 1210. The Balaban J connectivity index is 1.04.